The van der Waals surface area contributed by atoms with Crippen LogP contribution in [0.4, 0.5) is 4.39 Å². The average Bonchev–Trinajstić information content (AvgIpc) is 2.40. The molecule has 0 aliphatic heterocycles. The molecule has 0 radical (unpaired) electrons. The minimum absolute atomic E-state index is 0.0198. The summed E-state index contributed by atoms with van der Waals surface area (Å²) in [6, 6.07) is 8.16. The zero-order valence-electron chi connectivity index (χ0n) is 11.1. The van der Waals surface area contributed by atoms with Crippen molar-refractivity contribution in [3.8, 4) is 0 Å². The minimum atomic E-state index is -0.500. The van der Waals surface area contributed by atoms with Crippen LogP contribution in [0.5, 0.6) is 0 Å². The fraction of sp³-hybridized carbons (Fsp3) is 0.188. The number of hydrogen-bond donors (Lipinski definition) is 0. The highest BCUT2D eigenvalue weighted by Gasteiger charge is 2.13. The predicted molar refractivity (Wildman–Crippen MR) is 83.1 cm³/mol. The van der Waals surface area contributed by atoms with E-state index in [1.807, 2.05) is 26.0 Å². The van der Waals surface area contributed by atoms with E-state index in [-0.39, 0.29) is 17.2 Å². The maximum atomic E-state index is 13.4. The summed E-state index contributed by atoms with van der Waals surface area (Å²) >= 11 is 9.35. The standard InChI is InChI=1S/C16H13BrClFO/c1-9-6-12(7-10(2)15(9)17)14(20)8-11-4-3-5-13(19)16(11)18/h3-7H,8H2,1-2H3. The van der Waals surface area contributed by atoms with Gasteiger partial charge in [0, 0.05) is 16.5 Å². The number of aryl methyl sites for hydroxylation is 2. The van der Waals surface area contributed by atoms with Gasteiger partial charge in [0.15, 0.2) is 5.78 Å². The van der Waals surface area contributed by atoms with Crippen molar-refractivity contribution in [1.29, 1.82) is 0 Å². The van der Waals surface area contributed by atoms with E-state index in [9.17, 15) is 9.18 Å². The molecule has 0 aliphatic rings. The van der Waals surface area contributed by atoms with E-state index in [0.717, 1.165) is 15.6 Å². The molecule has 0 saturated heterocycles. The number of benzene rings is 2. The van der Waals surface area contributed by atoms with Crippen LogP contribution in [-0.2, 0) is 6.42 Å². The molecule has 4 heteroatoms. The maximum absolute atomic E-state index is 13.4. The summed E-state index contributed by atoms with van der Waals surface area (Å²) in [5, 5.41) is 0.0198. The Morgan fingerprint density at radius 3 is 2.45 bits per heavy atom. The van der Waals surface area contributed by atoms with Gasteiger partial charge in [0.2, 0.25) is 0 Å². The first-order valence-electron chi connectivity index (χ1n) is 6.13. The van der Waals surface area contributed by atoms with Gasteiger partial charge >= 0.3 is 0 Å². The second-order valence-electron chi connectivity index (χ2n) is 4.74. The lowest BCUT2D eigenvalue weighted by Crippen LogP contribution is -2.05. The average molecular weight is 356 g/mol. The Morgan fingerprint density at radius 2 is 1.85 bits per heavy atom. The van der Waals surface area contributed by atoms with E-state index in [0.29, 0.717) is 11.1 Å². The smallest absolute Gasteiger partial charge is 0.167 e. The number of carbonyl (C=O) groups excluding carboxylic acids is 1. The summed E-state index contributed by atoms with van der Waals surface area (Å²) in [5.41, 5.74) is 3.12. The van der Waals surface area contributed by atoms with Crippen LogP contribution in [0, 0.1) is 19.7 Å². The topological polar surface area (TPSA) is 17.1 Å². The second kappa shape index (κ2) is 6.06. The molecular formula is C16H13BrClFO. The molecule has 20 heavy (non-hydrogen) atoms. The van der Waals surface area contributed by atoms with Gasteiger partial charge in [0.05, 0.1) is 5.02 Å². The van der Waals surface area contributed by atoms with Crippen molar-refractivity contribution < 1.29 is 9.18 Å². The molecule has 2 aromatic carbocycles. The van der Waals surface area contributed by atoms with Crippen molar-refractivity contribution in [3.63, 3.8) is 0 Å². The molecule has 0 aliphatic carbocycles. The van der Waals surface area contributed by atoms with Gasteiger partial charge in [-0.05, 0) is 48.7 Å². The maximum Gasteiger partial charge on any atom is 0.167 e. The third kappa shape index (κ3) is 3.10. The van der Waals surface area contributed by atoms with Crippen molar-refractivity contribution in [2.75, 3.05) is 0 Å². The fourth-order valence-corrected chi connectivity index (χ4v) is 2.49. The van der Waals surface area contributed by atoms with E-state index in [1.165, 1.54) is 6.07 Å². The molecule has 0 heterocycles. The van der Waals surface area contributed by atoms with Crippen LogP contribution in [0.3, 0.4) is 0 Å². The summed E-state index contributed by atoms with van der Waals surface area (Å²) in [5.74, 6) is -0.573. The van der Waals surface area contributed by atoms with Gasteiger partial charge in [-0.25, -0.2) is 4.39 Å². The zero-order chi connectivity index (χ0) is 14.9. The number of hydrogen-bond acceptors (Lipinski definition) is 1. The summed E-state index contributed by atoms with van der Waals surface area (Å²) in [6.45, 7) is 3.87. The van der Waals surface area contributed by atoms with Gasteiger partial charge in [-0.1, -0.05) is 39.7 Å². The molecule has 2 aromatic rings. The molecule has 0 amide bonds. The lowest BCUT2D eigenvalue weighted by molar-refractivity contribution is 0.0993. The number of carbonyl (C=O) groups is 1. The Balaban J connectivity index is 2.31. The summed E-state index contributed by atoms with van der Waals surface area (Å²) < 4.78 is 14.4. The van der Waals surface area contributed by atoms with Crippen molar-refractivity contribution in [2.24, 2.45) is 0 Å². The summed E-state index contributed by atoms with van der Waals surface area (Å²) in [6.07, 6.45) is 0.0944. The molecule has 0 N–H and O–H groups in total. The van der Waals surface area contributed by atoms with Gasteiger partial charge in [0.25, 0.3) is 0 Å². The Kier molecular flexibility index (Phi) is 4.61. The van der Waals surface area contributed by atoms with Crippen LogP contribution in [0.25, 0.3) is 0 Å². The number of Topliss-reactive ketones (excluding diaryl/α,β-unsaturated/α-hetero) is 1. The molecule has 0 aromatic heterocycles. The molecular weight excluding hydrogens is 343 g/mol. The van der Waals surface area contributed by atoms with E-state index >= 15 is 0 Å². The fourth-order valence-electron chi connectivity index (χ4n) is 2.07. The highest BCUT2D eigenvalue weighted by molar-refractivity contribution is 9.10. The quantitative estimate of drug-likeness (QED) is 0.684. The zero-order valence-corrected chi connectivity index (χ0v) is 13.5. The van der Waals surface area contributed by atoms with Gasteiger partial charge < -0.3 is 0 Å². The van der Waals surface area contributed by atoms with Crippen molar-refractivity contribution >= 4 is 33.3 Å². The molecule has 0 spiro atoms. The first-order valence-corrected chi connectivity index (χ1v) is 7.30. The summed E-state index contributed by atoms with van der Waals surface area (Å²) in [7, 11) is 0. The van der Waals surface area contributed by atoms with E-state index in [2.05, 4.69) is 15.9 Å². The van der Waals surface area contributed by atoms with Crippen LogP contribution in [0.15, 0.2) is 34.8 Å². The Morgan fingerprint density at radius 1 is 1.25 bits per heavy atom. The SMILES string of the molecule is Cc1cc(C(=O)Cc2cccc(F)c2Cl)cc(C)c1Br. The first kappa shape index (κ1) is 15.2. The van der Waals surface area contributed by atoms with Crippen LogP contribution in [-0.4, -0.2) is 5.78 Å². The van der Waals surface area contributed by atoms with Gasteiger partial charge in [-0.3, -0.25) is 4.79 Å². The molecule has 2 rings (SSSR count). The van der Waals surface area contributed by atoms with E-state index in [1.54, 1.807) is 12.1 Å². The summed E-state index contributed by atoms with van der Waals surface area (Å²) in [4.78, 5) is 12.3. The third-order valence-corrected chi connectivity index (χ3v) is 4.82. The predicted octanol–water partition coefficient (Wildman–Crippen LogP) is 5.28. The monoisotopic (exact) mass is 354 g/mol. The van der Waals surface area contributed by atoms with E-state index < -0.39 is 5.82 Å². The van der Waals surface area contributed by atoms with Crippen molar-refractivity contribution in [3.05, 3.63) is 67.9 Å². The van der Waals surface area contributed by atoms with E-state index in [4.69, 9.17) is 11.6 Å². The minimum Gasteiger partial charge on any atom is -0.294 e. The largest absolute Gasteiger partial charge is 0.294 e. The molecule has 0 saturated carbocycles. The number of ketones is 1. The lowest BCUT2D eigenvalue weighted by atomic mass is 9.99. The molecule has 0 atom stereocenters. The lowest BCUT2D eigenvalue weighted by Gasteiger charge is -2.08. The molecule has 1 nitrogen and oxygen atoms in total. The molecule has 104 valence electrons. The first-order chi connectivity index (χ1) is 9.40. The van der Waals surface area contributed by atoms with Crippen LogP contribution >= 0.6 is 27.5 Å². The third-order valence-electron chi connectivity index (χ3n) is 3.14. The van der Waals surface area contributed by atoms with Gasteiger partial charge in [0.1, 0.15) is 5.82 Å². The highest BCUT2D eigenvalue weighted by Crippen LogP contribution is 2.25. The second-order valence-corrected chi connectivity index (χ2v) is 5.91. The number of halogens is 3. The van der Waals surface area contributed by atoms with Crippen molar-refractivity contribution in [2.45, 2.75) is 20.3 Å². The van der Waals surface area contributed by atoms with Gasteiger partial charge in [-0.15, -0.1) is 0 Å². The van der Waals surface area contributed by atoms with Gasteiger partial charge in [-0.2, -0.15) is 0 Å². The Labute approximate surface area is 130 Å². The van der Waals surface area contributed by atoms with Crippen molar-refractivity contribution in [1.82, 2.24) is 0 Å². The molecule has 0 bridgehead atoms. The number of rotatable bonds is 3. The Hall–Kier alpha value is -1.19. The van der Waals surface area contributed by atoms with Crippen LogP contribution in [0.2, 0.25) is 5.02 Å². The molecule has 0 unspecified atom stereocenters. The van der Waals surface area contributed by atoms with Crippen LogP contribution < -0.4 is 0 Å². The normalized spacial score (nSPS) is 10.7. The van der Waals surface area contributed by atoms with Crippen LogP contribution in [0.1, 0.15) is 27.0 Å². The Bertz CT molecular complexity index is 659. The highest BCUT2D eigenvalue weighted by atomic mass is 79.9. The molecule has 0 fully saturated rings.